The summed E-state index contributed by atoms with van der Waals surface area (Å²) in [6.45, 7) is 4.63. The predicted molar refractivity (Wildman–Crippen MR) is 122 cm³/mol. The van der Waals surface area contributed by atoms with E-state index in [2.05, 4.69) is 74.5 Å². The lowest BCUT2D eigenvalue weighted by molar-refractivity contribution is 0.660. The molecule has 0 fully saturated rings. The largest absolute Gasteiger partial charge is 0.456 e. The molecule has 0 atom stereocenters. The minimum Gasteiger partial charge on any atom is -0.456 e. The lowest BCUT2D eigenvalue weighted by atomic mass is 9.82. The van der Waals surface area contributed by atoms with Gasteiger partial charge in [0.25, 0.3) is 0 Å². The molecule has 6 rings (SSSR count). The Morgan fingerprint density at radius 2 is 1.48 bits per heavy atom. The molecule has 0 saturated heterocycles. The van der Waals surface area contributed by atoms with Gasteiger partial charge in [0, 0.05) is 16.2 Å². The highest BCUT2D eigenvalue weighted by atomic mass is 16.3. The maximum absolute atomic E-state index is 6.28. The summed E-state index contributed by atoms with van der Waals surface area (Å²) < 4.78 is 6.03. The highest BCUT2D eigenvalue weighted by molar-refractivity contribution is 6.41. The molecular formula is C27H19BO. The zero-order valence-electron chi connectivity index (χ0n) is 16.5. The number of rotatable bonds is 1. The lowest BCUT2D eigenvalue weighted by Gasteiger charge is -2.21. The molecule has 2 heteroatoms. The predicted octanol–water partition coefficient (Wildman–Crippen LogP) is 6.35. The lowest BCUT2D eigenvalue weighted by Crippen LogP contribution is -2.14. The topological polar surface area (TPSA) is 13.1 Å². The van der Waals surface area contributed by atoms with Crippen molar-refractivity contribution < 1.29 is 4.42 Å². The zero-order valence-corrected chi connectivity index (χ0v) is 16.5. The van der Waals surface area contributed by atoms with Crippen LogP contribution in [0.15, 0.2) is 83.3 Å². The van der Waals surface area contributed by atoms with Crippen LogP contribution in [0.25, 0.3) is 44.2 Å². The van der Waals surface area contributed by atoms with Crippen LogP contribution in [-0.2, 0) is 5.41 Å². The molecule has 0 N–H and O–H groups in total. The van der Waals surface area contributed by atoms with Gasteiger partial charge < -0.3 is 4.42 Å². The Hall–Kier alpha value is -3.26. The third-order valence-electron chi connectivity index (χ3n) is 6.45. The second-order valence-electron chi connectivity index (χ2n) is 8.43. The number of fused-ring (bicyclic) bond motifs is 6. The maximum Gasteiger partial charge on any atom is 0.135 e. The first-order chi connectivity index (χ1) is 14.1. The monoisotopic (exact) mass is 370 g/mol. The molecule has 2 radical (unpaired) electrons. The molecule has 136 valence electrons. The molecule has 1 aromatic heterocycles. The van der Waals surface area contributed by atoms with E-state index in [0.717, 1.165) is 27.4 Å². The Kier molecular flexibility index (Phi) is 3.24. The summed E-state index contributed by atoms with van der Waals surface area (Å²) in [5.41, 5.74) is 10.3. The molecule has 0 bridgehead atoms. The number of hydrogen-bond donors (Lipinski definition) is 0. The molecule has 1 nitrogen and oxygen atoms in total. The first-order valence-electron chi connectivity index (χ1n) is 10.0. The molecule has 0 aliphatic heterocycles. The molecule has 0 amide bonds. The molecule has 4 aromatic carbocycles. The third-order valence-corrected chi connectivity index (χ3v) is 6.45. The van der Waals surface area contributed by atoms with Gasteiger partial charge in [0.1, 0.15) is 19.0 Å². The maximum atomic E-state index is 6.28. The summed E-state index contributed by atoms with van der Waals surface area (Å²) in [7, 11) is 6.28. The molecule has 1 heterocycles. The quantitative estimate of drug-likeness (QED) is 0.313. The minimum atomic E-state index is -0.00119. The van der Waals surface area contributed by atoms with E-state index in [0.29, 0.717) is 0 Å². The van der Waals surface area contributed by atoms with Crippen molar-refractivity contribution >= 4 is 35.2 Å². The summed E-state index contributed by atoms with van der Waals surface area (Å²) in [5, 5.41) is 2.07. The van der Waals surface area contributed by atoms with E-state index in [1.165, 1.54) is 33.4 Å². The second-order valence-corrected chi connectivity index (χ2v) is 8.43. The van der Waals surface area contributed by atoms with E-state index in [-0.39, 0.29) is 5.41 Å². The SMILES string of the molecule is [B]c1cccc2oc3ccc(-c4cccc5c4-c4ccccc4C5(C)C)cc3c12. The van der Waals surface area contributed by atoms with Crippen LogP contribution < -0.4 is 5.46 Å². The van der Waals surface area contributed by atoms with Gasteiger partial charge in [0.05, 0.1) is 0 Å². The highest BCUT2D eigenvalue weighted by Gasteiger charge is 2.36. The zero-order chi connectivity index (χ0) is 19.8. The van der Waals surface area contributed by atoms with Gasteiger partial charge in [-0.1, -0.05) is 80.0 Å². The van der Waals surface area contributed by atoms with E-state index in [1.54, 1.807) is 0 Å². The Morgan fingerprint density at radius 1 is 0.724 bits per heavy atom. The van der Waals surface area contributed by atoms with Crippen molar-refractivity contribution in [2.75, 3.05) is 0 Å². The number of hydrogen-bond acceptors (Lipinski definition) is 1. The van der Waals surface area contributed by atoms with Crippen LogP contribution in [0.1, 0.15) is 25.0 Å². The number of furan rings is 1. The van der Waals surface area contributed by atoms with E-state index in [9.17, 15) is 0 Å². The molecule has 29 heavy (non-hydrogen) atoms. The van der Waals surface area contributed by atoms with Gasteiger partial charge in [0.15, 0.2) is 0 Å². The molecule has 1 aliphatic carbocycles. The van der Waals surface area contributed by atoms with Gasteiger partial charge in [0.2, 0.25) is 0 Å². The van der Waals surface area contributed by atoms with Crippen LogP contribution in [-0.4, -0.2) is 7.85 Å². The van der Waals surface area contributed by atoms with Crippen LogP contribution in [0.3, 0.4) is 0 Å². The third kappa shape index (κ3) is 2.17. The van der Waals surface area contributed by atoms with Crippen molar-refractivity contribution in [2.45, 2.75) is 19.3 Å². The van der Waals surface area contributed by atoms with Crippen LogP contribution >= 0.6 is 0 Å². The average molecular weight is 370 g/mol. The fourth-order valence-corrected chi connectivity index (χ4v) is 5.02. The standard InChI is InChI=1S/C27H19BO/c1-27(2)20-9-4-3-7-18(20)25-17(8-5-10-21(25)27)16-13-14-23-19(15-16)26-22(28)11-6-12-24(26)29-23/h3-15H,1-2H3. The summed E-state index contributed by atoms with van der Waals surface area (Å²) in [4.78, 5) is 0. The second kappa shape index (κ2) is 5.64. The van der Waals surface area contributed by atoms with Crippen molar-refractivity contribution in [3.8, 4) is 22.3 Å². The first-order valence-corrected chi connectivity index (χ1v) is 10.0. The van der Waals surface area contributed by atoms with E-state index >= 15 is 0 Å². The van der Waals surface area contributed by atoms with Crippen LogP contribution in [0.5, 0.6) is 0 Å². The van der Waals surface area contributed by atoms with Crippen molar-refractivity contribution in [1.82, 2.24) is 0 Å². The molecule has 0 spiro atoms. The Bertz CT molecular complexity index is 1440. The van der Waals surface area contributed by atoms with E-state index in [1.807, 2.05) is 18.2 Å². The van der Waals surface area contributed by atoms with E-state index in [4.69, 9.17) is 12.3 Å². The van der Waals surface area contributed by atoms with Gasteiger partial charge in [-0.15, -0.1) is 0 Å². The van der Waals surface area contributed by atoms with Crippen molar-refractivity contribution in [3.05, 3.63) is 90.0 Å². The highest BCUT2D eigenvalue weighted by Crippen LogP contribution is 2.52. The summed E-state index contributed by atoms with van der Waals surface area (Å²) in [6, 6.07) is 27.7. The van der Waals surface area contributed by atoms with Gasteiger partial charge in [-0.2, -0.15) is 0 Å². The van der Waals surface area contributed by atoms with Crippen molar-refractivity contribution in [1.29, 1.82) is 0 Å². The van der Waals surface area contributed by atoms with Crippen molar-refractivity contribution in [2.24, 2.45) is 0 Å². The minimum absolute atomic E-state index is 0.00119. The smallest absolute Gasteiger partial charge is 0.135 e. The van der Waals surface area contributed by atoms with E-state index < -0.39 is 0 Å². The normalized spacial score (nSPS) is 14.3. The molecule has 5 aromatic rings. The van der Waals surface area contributed by atoms with Gasteiger partial charge in [-0.05, 0) is 51.6 Å². The van der Waals surface area contributed by atoms with Crippen LogP contribution in [0.4, 0.5) is 0 Å². The number of benzene rings is 4. The summed E-state index contributed by atoms with van der Waals surface area (Å²) in [5.74, 6) is 0. The van der Waals surface area contributed by atoms with Crippen molar-refractivity contribution in [3.63, 3.8) is 0 Å². The van der Waals surface area contributed by atoms with Gasteiger partial charge in [-0.3, -0.25) is 0 Å². The Morgan fingerprint density at radius 3 is 2.38 bits per heavy atom. The molecular weight excluding hydrogens is 351 g/mol. The Balaban J connectivity index is 1.67. The van der Waals surface area contributed by atoms with Crippen LogP contribution in [0, 0.1) is 0 Å². The molecule has 0 unspecified atom stereocenters. The molecule has 0 saturated carbocycles. The average Bonchev–Trinajstić information content (AvgIpc) is 3.22. The fraction of sp³-hybridized carbons (Fsp3) is 0.111. The summed E-state index contributed by atoms with van der Waals surface area (Å²) >= 11 is 0. The summed E-state index contributed by atoms with van der Waals surface area (Å²) in [6.07, 6.45) is 0. The fourth-order valence-electron chi connectivity index (χ4n) is 5.02. The van der Waals surface area contributed by atoms with Gasteiger partial charge in [-0.25, -0.2) is 0 Å². The van der Waals surface area contributed by atoms with Crippen LogP contribution in [0.2, 0.25) is 0 Å². The molecule has 1 aliphatic rings. The first kappa shape index (κ1) is 16.7. The Labute approximate surface area is 171 Å². The van der Waals surface area contributed by atoms with Gasteiger partial charge >= 0.3 is 0 Å².